The van der Waals surface area contributed by atoms with Crippen molar-refractivity contribution in [2.75, 3.05) is 0 Å². The molecule has 0 aromatic heterocycles. The molecule has 0 atom stereocenters. The molecule has 17 heavy (non-hydrogen) atoms. The van der Waals surface area contributed by atoms with E-state index in [1.54, 1.807) is 0 Å². The van der Waals surface area contributed by atoms with Gasteiger partial charge in [0.05, 0.1) is 0 Å². The Morgan fingerprint density at radius 1 is 0.471 bits per heavy atom. The minimum atomic E-state index is 0. The van der Waals surface area contributed by atoms with Crippen LogP contribution in [0.5, 0.6) is 0 Å². The standard InChI is InChI=1S/C16H10.Na/c1-2-8-13-12(7-1)14-9-3-5-11-6-4-10-15(13)16(11)14;/h1-10H;. The van der Waals surface area contributed by atoms with Crippen molar-refractivity contribution < 1.29 is 0 Å². The fourth-order valence-corrected chi connectivity index (χ4v) is 2.74. The normalized spacial score (nSPS) is 11.1. The van der Waals surface area contributed by atoms with E-state index in [2.05, 4.69) is 60.7 Å². The van der Waals surface area contributed by atoms with Crippen molar-refractivity contribution in [3.05, 3.63) is 60.7 Å². The maximum atomic E-state index is 2.22. The zero-order chi connectivity index (χ0) is 10.5. The SMILES string of the molecule is [Na].c1ccc2c(c1)-c1cccc3cccc-2c13. The molecular weight excluding hydrogens is 215 g/mol. The third kappa shape index (κ3) is 1.42. The Labute approximate surface area is 123 Å². The van der Waals surface area contributed by atoms with Crippen molar-refractivity contribution in [2.24, 2.45) is 0 Å². The van der Waals surface area contributed by atoms with E-state index in [0.717, 1.165) is 0 Å². The fraction of sp³-hybridized carbons (Fsp3) is 0. The first kappa shape index (κ1) is 11.0. The van der Waals surface area contributed by atoms with Crippen molar-refractivity contribution >= 4 is 40.3 Å². The molecule has 0 heterocycles. The van der Waals surface area contributed by atoms with E-state index in [4.69, 9.17) is 0 Å². The van der Waals surface area contributed by atoms with Gasteiger partial charge in [-0.15, -0.1) is 0 Å². The number of benzene rings is 3. The van der Waals surface area contributed by atoms with E-state index >= 15 is 0 Å². The molecule has 75 valence electrons. The second-order valence-corrected chi connectivity index (χ2v) is 4.25. The average Bonchev–Trinajstić information content (AvgIpc) is 2.68. The van der Waals surface area contributed by atoms with Gasteiger partial charge in [-0.25, -0.2) is 0 Å². The van der Waals surface area contributed by atoms with E-state index in [1.165, 1.54) is 33.0 Å². The Kier molecular flexibility index (Phi) is 2.59. The van der Waals surface area contributed by atoms with Crippen molar-refractivity contribution in [1.82, 2.24) is 0 Å². The van der Waals surface area contributed by atoms with Crippen LogP contribution in [-0.2, 0) is 0 Å². The number of hydrogen-bond donors (Lipinski definition) is 0. The number of fused-ring (bicyclic) bond motifs is 3. The summed E-state index contributed by atoms with van der Waals surface area (Å²) in [5.74, 6) is 0. The molecule has 0 aliphatic heterocycles. The molecule has 0 bridgehead atoms. The van der Waals surface area contributed by atoms with Gasteiger partial charge in [0.25, 0.3) is 0 Å². The monoisotopic (exact) mass is 225 g/mol. The van der Waals surface area contributed by atoms with Crippen molar-refractivity contribution in [3.63, 3.8) is 0 Å². The van der Waals surface area contributed by atoms with Crippen LogP contribution in [0.15, 0.2) is 60.7 Å². The molecule has 0 N–H and O–H groups in total. The first-order valence-corrected chi connectivity index (χ1v) is 5.57. The van der Waals surface area contributed by atoms with E-state index in [9.17, 15) is 0 Å². The molecule has 1 radical (unpaired) electrons. The van der Waals surface area contributed by atoms with Gasteiger partial charge in [0.1, 0.15) is 0 Å². The first-order valence-electron chi connectivity index (χ1n) is 5.57. The topological polar surface area (TPSA) is 0 Å². The predicted octanol–water partition coefficient (Wildman–Crippen LogP) is 4.11. The van der Waals surface area contributed by atoms with E-state index < -0.39 is 0 Å². The molecule has 0 unspecified atom stereocenters. The summed E-state index contributed by atoms with van der Waals surface area (Å²) in [5.41, 5.74) is 5.50. The predicted molar refractivity (Wildman–Crippen MR) is 74.1 cm³/mol. The van der Waals surface area contributed by atoms with Crippen LogP contribution in [0, 0.1) is 0 Å². The largest absolute Gasteiger partial charge is 0.0616 e. The Bertz CT molecular complexity index is 656. The quantitative estimate of drug-likeness (QED) is 0.395. The summed E-state index contributed by atoms with van der Waals surface area (Å²) in [7, 11) is 0. The second kappa shape index (κ2) is 3.99. The Morgan fingerprint density at radius 2 is 0.941 bits per heavy atom. The molecule has 3 aromatic rings. The van der Waals surface area contributed by atoms with Gasteiger partial charge >= 0.3 is 0 Å². The van der Waals surface area contributed by atoms with Gasteiger partial charge in [0.15, 0.2) is 0 Å². The zero-order valence-corrected chi connectivity index (χ0v) is 11.8. The van der Waals surface area contributed by atoms with Crippen molar-refractivity contribution in [1.29, 1.82) is 0 Å². The summed E-state index contributed by atoms with van der Waals surface area (Å²) in [5, 5.41) is 2.75. The molecule has 0 saturated heterocycles. The molecule has 1 aliphatic rings. The molecule has 0 fully saturated rings. The van der Waals surface area contributed by atoms with Crippen LogP contribution in [-0.4, -0.2) is 29.6 Å². The van der Waals surface area contributed by atoms with E-state index in [-0.39, 0.29) is 29.6 Å². The summed E-state index contributed by atoms with van der Waals surface area (Å²) in [6, 6.07) is 21.8. The summed E-state index contributed by atoms with van der Waals surface area (Å²) < 4.78 is 0. The maximum absolute atomic E-state index is 2.22. The number of rotatable bonds is 0. The third-order valence-electron chi connectivity index (χ3n) is 3.41. The molecular formula is C16H10Na. The molecule has 4 rings (SSSR count). The van der Waals surface area contributed by atoms with Crippen LogP contribution in [0.3, 0.4) is 0 Å². The summed E-state index contributed by atoms with van der Waals surface area (Å²) >= 11 is 0. The van der Waals surface area contributed by atoms with Gasteiger partial charge < -0.3 is 0 Å². The Morgan fingerprint density at radius 3 is 1.47 bits per heavy atom. The molecule has 3 aromatic carbocycles. The molecule has 0 nitrogen and oxygen atoms in total. The summed E-state index contributed by atoms with van der Waals surface area (Å²) in [6.07, 6.45) is 0. The van der Waals surface area contributed by atoms with Gasteiger partial charge in [0, 0.05) is 29.6 Å². The van der Waals surface area contributed by atoms with Gasteiger partial charge in [-0.1, -0.05) is 60.7 Å². The molecule has 0 amide bonds. The minimum Gasteiger partial charge on any atom is -0.0616 e. The fourth-order valence-electron chi connectivity index (χ4n) is 2.74. The smallest absolute Gasteiger partial charge is 0 e. The van der Waals surface area contributed by atoms with E-state index in [0.29, 0.717) is 0 Å². The molecule has 0 saturated carbocycles. The van der Waals surface area contributed by atoms with Gasteiger partial charge in [-0.2, -0.15) is 0 Å². The summed E-state index contributed by atoms with van der Waals surface area (Å²) in [6.45, 7) is 0. The van der Waals surface area contributed by atoms with Crippen molar-refractivity contribution in [2.45, 2.75) is 0 Å². The number of hydrogen-bond acceptors (Lipinski definition) is 0. The van der Waals surface area contributed by atoms with Crippen LogP contribution in [0.1, 0.15) is 0 Å². The van der Waals surface area contributed by atoms with Crippen LogP contribution < -0.4 is 0 Å². The van der Waals surface area contributed by atoms with E-state index in [1.807, 2.05) is 0 Å². The van der Waals surface area contributed by atoms with Gasteiger partial charge in [-0.3, -0.25) is 0 Å². The van der Waals surface area contributed by atoms with Crippen LogP contribution >= 0.6 is 0 Å². The van der Waals surface area contributed by atoms with Crippen LogP contribution in [0.2, 0.25) is 0 Å². The molecule has 0 spiro atoms. The Balaban J connectivity index is 0.000000902. The second-order valence-electron chi connectivity index (χ2n) is 4.25. The minimum absolute atomic E-state index is 0. The first-order chi connectivity index (χ1) is 7.95. The molecule has 1 aliphatic carbocycles. The molecule has 1 heteroatoms. The maximum Gasteiger partial charge on any atom is 0 e. The van der Waals surface area contributed by atoms with Crippen molar-refractivity contribution in [3.8, 4) is 22.3 Å². The van der Waals surface area contributed by atoms with Gasteiger partial charge in [0.2, 0.25) is 0 Å². The zero-order valence-electron chi connectivity index (χ0n) is 9.77. The third-order valence-corrected chi connectivity index (χ3v) is 3.41. The average molecular weight is 225 g/mol. The Hall–Kier alpha value is -1.08. The van der Waals surface area contributed by atoms with Gasteiger partial charge in [-0.05, 0) is 33.0 Å². The van der Waals surface area contributed by atoms with Crippen LogP contribution in [0.4, 0.5) is 0 Å². The summed E-state index contributed by atoms with van der Waals surface area (Å²) in [4.78, 5) is 0. The van der Waals surface area contributed by atoms with Crippen LogP contribution in [0.25, 0.3) is 33.0 Å².